The van der Waals surface area contributed by atoms with Crippen LogP contribution in [-0.4, -0.2) is 54.9 Å². The number of aliphatic hydroxyl groups is 1. The molecule has 0 amide bonds. The van der Waals surface area contributed by atoms with Crippen LogP contribution in [0.3, 0.4) is 0 Å². The van der Waals surface area contributed by atoms with Gasteiger partial charge >= 0.3 is 11.9 Å². The Morgan fingerprint density at radius 1 is 1.00 bits per heavy atom. The van der Waals surface area contributed by atoms with Crippen molar-refractivity contribution in [2.75, 3.05) is 14.2 Å². The topological polar surface area (TPSA) is 108 Å². The maximum Gasteiger partial charge on any atom is 0.317 e. The summed E-state index contributed by atoms with van der Waals surface area (Å²) in [6, 6.07) is 4.87. The minimum Gasteiger partial charge on any atom is -0.493 e. The van der Waals surface area contributed by atoms with Gasteiger partial charge in [-0.2, -0.15) is 0 Å². The molecule has 0 saturated heterocycles. The van der Waals surface area contributed by atoms with Crippen LogP contribution in [0.5, 0.6) is 11.5 Å². The van der Waals surface area contributed by atoms with Crippen LogP contribution in [0.1, 0.15) is 52.5 Å². The van der Waals surface area contributed by atoms with Crippen molar-refractivity contribution in [3.8, 4) is 11.5 Å². The fraction of sp³-hybridized carbons (Fsp3) is 0.609. The van der Waals surface area contributed by atoms with Crippen molar-refractivity contribution in [3.05, 3.63) is 23.8 Å². The number of benzene rings is 1. The Kier molecular flexibility index (Phi) is 7.70. The van der Waals surface area contributed by atoms with Crippen molar-refractivity contribution in [3.63, 3.8) is 0 Å². The first-order valence-electron chi connectivity index (χ1n) is 10.3. The maximum atomic E-state index is 13.1. The summed E-state index contributed by atoms with van der Waals surface area (Å²) < 4.78 is 21.4. The number of hydrogen-bond donors (Lipinski definition) is 1. The zero-order valence-electron chi connectivity index (χ0n) is 19.1. The van der Waals surface area contributed by atoms with Crippen LogP contribution in [0.2, 0.25) is 0 Å². The highest BCUT2D eigenvalue weighted by molar-refractivity contribution is 6.02. The Morgan fingerprint density at radius 3 is 2.06 bits per heavy atom. The van der Waals surface area contributed by atoms with Crippen molar-refractivity contribution in [2.24, 2.45) is 11.8 Å². The lowest BCUT2D eigenvalue weighted by Gasteiger charge is -2.44. The summed E-state index contributed by atoms with van der Waals surface area (Å²) in [7, 11) is 2.94. The highest BCUT2D eigenvalue weighted by atomic mass is 16.5. The van der Waals surface area contributed by atoms with Crippen LogP contribution >= 0.6 is 0 Å². The van der Waals surface area contributed by atoms with Gasteiger partial charge in [-0.05, 0) is 52.3 Å². The van der Waals surface area contributed by atoms with E-state index in [4.69, 9.17) is 18.9 Å². The van der Waals surface area contributed by atoms with Gasteiger partial charge in [-0.1, -0.05) is 6.07 Å². The average molecular weight is 437 g/mol. The summed E-state index contributed by atoms with van der Waals surface area (Å²) in [5.74, 6) is -4.56. The SMILES string of the molecule is COc1ccc([C@H]2[C@@H](C(=O)OC(C)C)C(=O)C[C@](C)(O)[C@H]2C(=O)OC(C)C)cc1OC. The highest BCUT2D eigenvalue weighted by Gasteiger charge is 2.57. The predicted octanol–water partition coefficient (Wildman–Crippen LogP) is 2.65. The number of carbonyl (C=O) groups excluding carboxylic acids is 3. The normalized spacial score (nSPS) is 26.0. The molecule has 31 heavy (non-hydrogen) atoms. The Hall–Kier alpha value is -2.61. The third kappa shape index (κ3) is 5.36. The molecule has 0 spiro atoms. The molecule has 1 aromatic rings. The van der Waals surface area contributed by atoms with Gasteiger partial charge in [-0.3, -0.25) is 14.4 Å². The maximum absolute atomic E-state index is 13.1. The van der Waals surface area contributed by atoms with E-state index in [1.807, 2.05) is 0 Å². The average Bonchev–Trinajstić information content (AvgIpc) is 2.64. The molecule has 1 aliphatic rings. The zero-order chi connectivity index (χ0) is 23.5. The molecule has 2 rings (SSSR count). The highest BCUT2D eigenvalue weighted by Crippen LogP contribution is 2.48. The van der Waals surface area contributed by atoms with Crippen LogP contribution in [0.4, 0.5) is 0 Å². The van der Waals surface area contributed by atoms with E-state index in [0.29, 0.717) is 17.1 Å². The fourth-order valence-electron chi connectivity index (χ4n) is 4.09. The predicted molar refractivity (Wildman–Crippen MR) is 112 cm³/mol. The molecule has 0 unspecified atom stereocenters. The third-order valence-corrected chi connectivity index (χ3v) is 5.27. The van der Waals surface area contributed by atoms with Gasteiger partial charge in [0.1, 0.15) is 5.92 Å². The van der Waals surface area contributed by atoms with E-state index in [1.54, 1.807) is 45.9 Å². The molecule has 0 aliphatic heterocycles. The van der Waals surface area contributed by atoms with Crippen LogP contribution in [0.25, 0.3) is 0 Å². The van der Waals surface area contributed by atoms with Crippen molar-refractivity contribution >= 4 is 17.7 Å². The molecule has 1 saturated carbocycles. The standard InChI is InChI=1S/C23H32O8/c1-12(2)30-21(25)19-15(24)11-23(5,27)20(22(26)31-13(3)4)18(19)14-8-9-16(28-6)17(10-14)29-7/h8-10,12-13,18-20,27H,11H2,1-7H3/t18-,19-,20+,23-/m0/s1. The van der Waals surface area contributed by atoms with Gasteiger partial charge < -0.3 is 24.1 Å². The number of rotatable bonds is 7. The van der Waals surface area contributed by atoms with Gasteiger partial charge in [0.2, 0.25) is 0 Å². The van der Waals surface area contributed by atoms with E-state index in [-0.39, 0.29) is 6.42 Å². The number of ketones is 1. The van der Waals surface area contributed by atoms with E-state index in [2.05, 4.69) is 0 Å². The Balaban J connectivity index is 2.69. The summed E-state index contributed by atoms with van der Waals surface area (Å²) in [5, 5.41) is 11.1. The van der Waals surface area contributed by atoms with Crippen LogP contribution in [0.15, 0.2) is 18.2 Å². The number of ether oxygens (including phenoxy) is 4. The van der Waals surface area contributed by atoms with Crippen molar-refractivity contribution in [1.29, 1.82) is 0 Å². The minimum atomic E-state index is -1.71. The lowest BCUT2D eigenvalue weighted by atomic mass is 9.61. The molecular weight excluding hydrogens is 404 g/mol. The van der Waals surface area contributed by atoms with Gasteiger partial charge in [0.25, 0.3) is 0 Å². The smallest absolute Gasteiger partial charge is 0.317 e. The van der Waals surface area contributed by atoms with Gasteiger partial charge in [-0.25, -0.2) is 0 Å². The first-order valence-corrected chi connectivity index (χ1v) is 10.3. The van der Waals surface area contributed by atoms with E-state index in [9.17, 15) is 19.5 Å². The molecule has 1 aliphatic carbocycles. The second kappa shape index (κ2) is 9.68. The largest absolute Gasteiger partial charge is 0.493 e. The number of carbonyl (C=O) groups is 3. The lowest BCUT2D eigenvalue weighted by Crippen LogP contribution is -2.55. The molecule has 4 atom stereocenters. The lowest BCUT2D eigenvalue weighted by molar-refractivity contribution is -0.176. The summed E-state index contributed by atoms with van der Waals surface area (Å²) in [6.45, 7) is 8.15. The summed E-state index contributed by atoms with van der Waals surface area (Å²) >= 11 is 0. The van der Waals surface area contributed by atoms with Crippen molar-refractivity contribution in [1.82, 2.24) is 0 Å². The van der Waals surface area contributed by atoms with Crippen LogP contribution in [-0.2, 0) is 23.9 Å². The summed E-state index contributed by atoms with van der Waals surface area (Å²) in [4.78, 5) is 39.0. The Morgan fingerprint density at radius 2 is 1.55 bits per heavy atom. The second-order valence-electron chi connectivity index (χ2n) is 8.57. The first kappa shape index (κ1) is 24.7. The first-order chi connectivity index (χ1) is 14.4. The quantitative estimate of drug-likeness (QED) is 0.513. The van der Waals surface area contributed by atoms with E-state index >= 15 is 0 Å². The number of hydrogen-bond acceptors (Lipinski definition) is 8. The zero-order valence-corrected chi connectivity index (χ0v) is 19.1. The molecule has 0 heterocycles. The van der Waals surface area contributed by atoms with Crippen LogP contribution in [0, 0.1) is 11.8 Å². The van der Waals surface area contributed by atoms with Gasteiger partial charge in [-0.15, -0.1) is 0 Å². The molecule has 1 fully saturated rings. The number of esters is 2. The number of Topliss-reactive ketones (excluding diaryl/α,β-unsaturated/α-hetero) is 1. The molecule has 172 valence electrons. The van der Waals surface area contributed by atoms with Crippen molar-refractivity contribution < 1.29 is 38.4 Å². The Bertz CT molecular complexity index is 819. The summed E-state index contributed by atoms with van der Waals surface area (Å²) in [5.41, 5.74) is -1.25. The van der Waals surface area contributed by atoms with Gasteiger partial charge in [0.15, 0.2) is 17.3 Å². The van der Waals surface area contributed by atoms with Crippen molar-refractivity contribution in [2.45, 2.75) is 64.8 Å². The molecule has 0 radical (unpaired) electrons. The third-order valence-electron chi connectivity index (χ3n) is 5.27. The van der Waals surface area contributed by atoms with E-state index in [1.165, 1.54) is 21.1 Å². The van der Waals surface area contributed by atoms with Gasteiger partial charge in [0.05, 0.1) is 37.9 Å². The van der Waals surface area contributed by atoms with E-state index in [0.717, 1.165) is 0 Å². The number of methoxy groups -OCH3 is 2. The Labute approximate surface area is 182 Å². The molecule has 1 aromatic carbocycles. The molecular formula is C23H32O8. The molecule has 8 nitrogen and oxygen atoms in total. The molecule has 0 bridgehead atoms. The van der Waals surface area contributed by atoms with E-state index < -0.39 is 53.3 Å². The molecule has 1 N–H and O–H groups in total. The fourth-order valence-corrected chi connectivity index (χ4v) is 4.09. The summed E-state index contributed by atoms with van der Waals surface area (Å²) in [6.07, 6.45) is -1.25. The monoisotopic (exact) mass is 436 g/mol. The van der Waals surface area contributed by atoms with Crippen LogP contribution < -0.4 is 9.47 Å². The van der Waals surface area contributed by atoms with Gasteiger partial charge in [0, 0.05) is 12.3 Å². The molecule has 0 aromatic heterocycles. The minimum absolute atomic E-state index is 0.365. The molecule has 8 heteroatoms. The second-order valence-corrected chi connectivity index (χ2v) is 8.57.